The second-order valence-electron chi connectivity index (χ2n) is 4.65. The molecule has 0 aliphatic heterocycles. The SMILES string of the molecule is Cc1ccc(N(C)C(C)(C)C(=O)O)cc1[N+](=O)[O-]. The third-order valence-electron chi connectivity index (χ3n) is 3.14. The van der Waals surface area contributed by atoms with Gasteiger partial charge in [-0.3, -0.25) is 10.1 Å². The van der Waals surface area contributed by atoms with Gasteiger partial charge in [-0.15, -0.1) is 0 Å². The molecule has 1 rings (SSSR count). The molecule has 18 heavy (non-hydrogen) atoms. The van der Waals surface area contributed by atoms with Crippen molar-refractivity contribution >= 4 is 17.3 Å². The second kappa shape index (κ2) is 4.64. The summed E-state index contributed by atoms with van der Waals surface area (Å²) < 4.78 is 0. The van der Waals surface area contributed by atoms with Crippen molar-refractivity contribution in [1.29, 1.82) is 0 Å². The largest absolute Gasteiger partial charge is 0.480 e. The van der Waals surface area contributed by atoms with E-state index in [-0.39, 0.29) is 5.69 Å². The number of aliphatic carboxylic acids is 1. The van der Waals surface area contributed by atoms with Crippen molar-refractivity contribution in [2.75, 3.05) is 11.9 Å². The molecule has 0 atom stereocenters. The number of hydrogen-bond acceptors (Lipinski definition) is 4. The highest BCUT2D eigenvalue weighted by molar-refractivity contribution is 5.82. The molecule has 0 fully saturated rings. The van der Waals surface area contributed by atoms with Gasteiger partial charge in [-0.1, -0.05) is 6.07 Å². The molecule has 1 N–H and O–H groups in total. The normalized spacial score (nSPS) is 11.1. The minimum Gasteiger partial charge on any atom is -0.480 e. The molecule has 1 aromatic rings. The number of anilines is 1. The molecule has 0 saturated carbocycles. The Bertz CT molecular complexity index is 497. The second-order valence-corrected chi connectivity index (χ2v) is 4.65. The van der Waals surface area contributed by atoms with Crippen molar-refractivity contribution in [3.63, 3.8) is 0 Å². The zero-order valence-electron chi connectivity index (χ0n) is 10.8. The van der Waals surface area contributed by atoms with Crippen LogP contribution in [0, 0.1) is 17.0 Å². The molecule has 0 aromatic heterocycles. The summed E-state index contributed by atoms with van der Waals surface area (Å²) in [7, 11) is 1.60. The number of likely N-dealkylation sites (N-methyl/N-ethyl adjacent to an activating group) is 1. The lowest BCUT2D eigenvalue weighted by molar-refractivity contribution is -0.385. The Hall–Kier alpha value is -2.11. The molecule has 0 radical (unpaired) electrons. The van der Waals surface area contributed by atoms with Crippen LogP contribution in [0.4, 0.5) is 11.4 Å². The van der Waals surface area contributed by atoms with Crippen LogP contribution in [0.25, 0.3) is 0 Å². The van der Waals surface area contributed by atoms with Crippen LogP contribution in [0.2, 0.25) is 0 Å². The van der Waals surface area contributed by atoms with E-state index in [9.17, 15) is 14.9 Å². The van der Waals surface area contributed by atoms with Gasteiger partial charge in [-0.2, -0.15) is 0 Å². The van der Waals surface area contributed by atoms with Crippen molar-refractivity contribution in [2.45, 2.75) is 26.3 Å². The number of hydrogen-bond donors (Lipinski definition) is 1. The lowest BCUT2D eigenvalue weighted by Gasteiger charge is -2.33. The number of benzene rings is 1. The van der Waals surface area contributed by atoms with Crippen LogP contribution >= 0.6 is 0 Å². The fourth-order valence-electron chi connectivity index (χ4n) is 1.47. The number of nitro groups is 1. The van der Waals surface area contributed by atoms with Crippen LogP contribution in [0.15, 0.2) is 18.2 Å². The molecule has 0 unspecified atom stereocenters. The molecule has 6 heteroatoms. The summed E-state index contributed by atoms with van der Waals surface area (Å²) in [6.07, 6.45) is 0. The topological polar surface area (TPSA) is 83.7 Å². The molecule has 0 bridgehead atoms. The van der Waals surface area contributed by atoms with Gasteiger partial charge in [0.1, 0.15) is 5.54 Å². The summed E-state index contributed by atoms with van der Waals surface area (Å²) in [4.78, 5) is 23.0. The average molecular weight is 252 g/mol. The van der Waals surface area contributed by atoms with E-state index in [1.54, 1.807) is 40.0 Å². The van der Waals surface area contributed by atoms with Crippen molar-refractivity contribution < 1.29 is 14.8 Å². The monoisotopic (exact) mass is 252 g/mol. The van der Waals surface area contributed by atoms with Crippen molar-refractivity contribution in [3.8, 4) is 0 Å². The standard InChI is InChI=1S/C12H16N2O4/c1-8-5-6-9(7-10(8)14(17)18)13(4)12(2,3)11(15)16/h5-7H,1-4H3,(H,15,16). The maximum Gasteiger partial charge on any atom is 0.328 e. The predicted molar refractivity (Wildman–Crippen MR) is 68.0 cm³/mol. The number of carboxylic acid groups (broad SMARTS) is 1. The average Bonchev–Trinajstić information content (AvgIpc) is 2.28. The third-order valence-corrected chi connectivity index (χ3v) is 3.14. The van der Waals surface area contributed by atoms with E-state index in [4.69, 9.17) is 5.11 Å². The van der Waals surface area contributed by atoms with Gasteiger partial charge < -0.3 is 10.0 Å². The quantitative estimate of drug-likeness (QED) is 0.656. The van der Waals surface area contributed by atoms with Crippen molar-refractivity contribution in [3.05, 3.63) is 33.9 Å². The molecule has 0 spiro atoms. The maximum absolute atomic E-state index is 11.1. The molecule has 0 heterocycles. The Morgan fingerprint density at radius 1 is 1.44 bits per heavy atom. The predicted octanol–water partition coefficient (Wildman–Crippen LogP) is 2.20. The van der Waals surface area contributed by atoms with E-state index in [0.717, 1.165) is 0 Å². The van der Waals surface area contributed by atoms with E-state index < -0.39 is 16.4 Å². The summed E-state index contributed by atoms with van der Waals surface area (Å²) in [5.74, 6) is -0.992. The van der Waals surface area contributed by atoms with E-state index in [2.05, 4.69) is 0 Å². The summed E-state index contributed by atoms with van der Waals surface area (Å²) in [6, 6.07) is 4.68. The van der Waals surface area contributed by atoms with Crippen LogP contribution in [0.1, 0.15) is 19.4 Å². The first-order chi connectivity index (χ1) is 8.17. The molecule has 0 amide bonds. The lowest BCUT2D eigenvalue weighted by atomic mass is 10.0. The first kappa shape index (κ1) is 14.0. The van der Waals surface area contributed by atoms with Gasteiger partial charge in [-0.05, 0) is 26.8 Å². The number of nitro benzene ring substituents is 1. The van der Waals surface area contributed by atoms with Crippen LogP contribution in [0.3, 0.4) is 0 Å². The van der Waals surface area contributed by atoms with E-state index in [1.165, 1.54) is 11.0 Å². The summed E-state index contributed by atoms with van der Waals surface area (Å²) in [5.41, 5.74) is -0.103. The highest BCUT2D eigenvalue weighted by atomic mass is 16.6. The highest BCUT2D eigenvalue weighted by Gasteiger charge is 2.32. The maximum atomic E-state index is 11.1. The van der Waals surface area contributed by atoms with Crippen LogP contribution in [0.5, 0.6) is 0 Å². The molecule has 0 aliphatic rings. The van der Waals surface area contributed by atoms with Gasteiger partial charge >= 0.3 is 5.97 Å². The van der Waals surface area contributed by atoms with Gasteiger partial charge in [-0.25, -0.2) is 4.79 Å². The molecular weight excluding hydrogens is 236 g/mol. The molecule has 1 aromatic carbocycles. The Morgan fingerprint density at radius 3 is 2.44 bits per heavy atom. The smallest absolute Gasteiger partial charge is 0.328 e. The lowest BCUT2D eigenvalue weighted by Crippen LogP contribution is -2.48. The third kappa shape index (κ3) is 2.42. The van der Waals surface area contributed by atoms with Gasteiger partial charge in [0.15, 0.2) is 0 Å². The van der Waals surface area contributed by atoms with E-state index in [1.807, 2.05) is 0 Å². The first-order valence-electron chi connectivity index (χ1n) is 5.40. The number of nitrogens with zero attached hydrogens (tertiary/aromatic N) is 2. The number of carboxylic acids is 1. The number of rotatable bonds is 4. The molecule has 6 nitrogen and oxygen atoms in total. The minimum absolute atomic E-state index is 0.0134. The van der Waals surface area contributed by atoms with Crippen molar-refractivity contribution in [2.24, 2.45) is 0 Å². The Balaban J connectivity index is 3.23. The highest BCUT2D eigenvalue weighted by Crippen LogP contribution is 2.28. The van der Waals surface area contributed by atoms with Gasteiger partial charge in [0.2, 0.25) is 0 Å². The zero-order chi connectivity index (χ0) is 14.1. The summed E-state index contributed by atoms with van der Waals surface area (Å²) in [5, 5.41) is 20.0. The molecule has 0 aliphatic carbocycles. The van der Waals surface area contributed by atoms with E-state index in [0.29, 0.717) is 11.3 Å². The van der Waals surface area contributed by atoms with Gasteiger partial charge in [0, 0.05) is 24.4 Å². The zero-order valence-corrected chi connectivity index (χ0v) is 10.8. The molecule has 0 saturated heterocycles. The summed E-state index contributed by atoms with van der Waals surface area (Å²) >= 11 is 0. The molecular formula is C12H16N2O4. The molecule has 98 valence electrons. The number of carbonyl (C=O) groups is 1. The fourth-order valence-corrected chi connectivity index (χ4v) is 1.47. The van der Waals surface area contributed by atoms with Crippen LogP contribution in [-0.2, 0) is 4.79 Å². The van der Waals surface area contributed by atoms with Crippen LogP contribution in [-0.4, -0.2) is 28.6 Å². The fraction of sp³-hybridized carbons (Fsp3) is 0.417. The first-order valence-corrected chi connectivity index (χ1v) is 5.40. The van der Waals surface area contributed by atoms with Gasteiger partial charge in [0.25, 0.3) is 5.69 Å². The van der Waals surface area contributed by atoms with Crippen LogP contribution < -0.4 is 4.90 Å². The van der Waals surface area contributed by atoms with Crippen molar-refractivity contribution in [1.82, 2.24) is 0 Å². The minimum atomic E-state index is -1.14. The Labute approximate surface area is 105 Å². The van der Waals surface area contributed by atoms with E-state index >= 15 is 0 Å². The summed E-state index contributed by atoms with van der Waals surface area (Å²) in [6.45, 7) is 4.73. The number of aryl methyl sites for hydroxylation is 1. The Morgan fingerprint density at radius 2 is 2.00 bits per heavy atom. The van der Waals surface area contributed by atoms with Gasteiger partial charge in [0.05, 0.1) is 4.92 Å². The Kier molecular flexibility index (Phi) is 3.59.